The van der Waals surface area contributed by atoms with Gasteiger partial charge in [0.05, 0.1) is 18.6 Å². The zero-order chi connectivity index (χ0) is 13.9. The minimum Gasteiger partial charge on any atom is -0.460 e. The van der Waals surface area contributed by atoms with Gasteiger partial charge in [0.2, 0.25) is 0 Å². The minimum absolute atomic E-state index is 0.0578. The highest BCUT2D eigenvalue weighted by Crippen LogP contribution is 2.25. The highest BCUT2D eigenvalue weighted by molar-refractivity contribution is 5.70. The normalized spacial score (nSPS) is 28.8. The Balaban J connectivity index is 1.68. The van der Waals surface area contributed by atoms with Crippen LogP contribution >= 0.6 is 0 Å². The standard InChI is InChI=1S/C15H27NO3/c1-15(2,3)19-14(17)10-12-6-7-13(18-12)11-16-8-4-5-9-16/h12-13H,4-11H2,1-3H3/t12-,13+/m1/s1. The third kappa shape index (κ3) is 5.11. The van der Waals surface area contributed by atoms with Crippen LogP contribution in [0.2, 0.25) is 0 Å². The van der Waals surface area contributed by atoms with E-state index in [1.165, 1.54) is 25.9 Å². The fraction of sp³-hybridized carbons (Fsp3) is 0.933. The van der Waals surface area contributed by atoms with Gasteiger partial charge in [-0.2, -0.15) is 0 Å². The highest BCUT2D eigenvalue weighted by atomic mass is 16.6. The summed E-state index contributed by atoms with van der Waals surface area (Å²) in [5.41, 5.74) is -0.398. The van der Waals surface area contributed by atoms with Crippen LogP contribution in [0.25, 0.3) is 0 Å². The van der Waals surface area contributed by atoms with E-state index in [0.29, 0.717) is 12.5 Å². The van der Waals surface area contributed by atoms with E-state index in [2.05, 4.69) is 4.90 Å². The third-order valence-corrected chi connectivity index (χ3v) is 3.67. The molecule has 2 aliphatic rings. The Labute approximate surface area is 116 Å². The lowest BCUT2D eigenvalue weighted by Crippen LogP contribution is -2.31. The summed E-state index contributed by atoms with van der Waals surface area (Å²) in [4.78, 5) is 14.2. The lowest BCUT2D eigenvalue weighted by atomic mass is 10.1. The third-order valence-electron chi connectivity index (χ3n) is 3.67. The lowest BCUT2D eigenvalue weighted by Gasteiger charge is -2.22. The van der Waals surface area contributed by atoms with E-state index in [-0.39, 0.29) is 12.1 Å². The van der Waals surface area contributed by atoms with Gasteiger partial charge in [-0.05, 0) is 59.5 Å². The molecule has 0 spiro atoms. The molecule has 0 aromatic rings. The van der Waals surface area contributed by atoms with Gasteiger partial charge in [0.25, 0.3) is 0 Å². The fourth-order valence-electron chi connectivity index (χ4n) is 2.89. The highest BCUT2D eigenvalue weighted by Gasteiger charge is 2.30. The lowest BCUT2D eigenvalue weighted by molar-refractivity contribution is -0.157. The summed E-state index contributed by atoms with van der Waals surface area (Å²) in [5.74, 6) is -0.140. The first-order valence-electron chi connectivity index (χ1n) is 7.52. The Bertz CT molecular complexity index is 305. The summed E-state index contributed by atoms with van der Waals surface area (Å²) in [5, 5.41) is 0. The Morgan fingerprint density at radius 3 is 2.47 bits per heavy atom. The van der Waals surface area contributed by atoms with E-state index in [9.17, 15) is 4.79 Å². The van der Waals surface area contributed by atoms with Crippen molar-refractivity contribution in [3.63, 3.8) is 0 Å². The number of carbonyl (C=O) groups is 1. The number of rotatable bonds is 4. The zero-order valence-electron chi connectivity index (χ0n) is 12.5. The van der Waals surface area contributed by atoms with Crippen molar-refractivity contribution in [1.29, 1.82) is 0 Å². The van der Waals surface area contributed by atoms with Crippen LogP contribution in [0.3, 0.4) is 0 Å². The number of hydrogen-bond donors (Lipinski definition) is 0. The molecule has 2 heterocycles. The van der Waals surface area contributed by atoms with Gasteiger partial charge in [-0.1, -0.05) is 0 Å². The number of nitrogens with zero attached hydrogens (tertiary/aromatic N) is 1. The maximum atomic E-state index is 11.8. The molecule has 110 valence electrons. The van der Waals surface area contributed by atoms with Crippen LogP contribution < -0.4 is 0 Å². The fourth-order valence-corrected chi connectivity index (χ4v) is 2.89. The van der Waals surface area contributed by atoms with Crippen LogP contribution in [0, 0.1) is 0 Å². The van der Waals surface area contributed by atoms with Crippen molar-refractivity contribution in [3.05, 3.63) is 0 Å². The van der Waals surface area contributed by atoms with E-state index < -0.39 is 5.60 Å². The van der Waals surface area contributed by atoms with Crippen molar-refractivity contribution in [1.82, 2.24) is 4.90 Å². The topological polar surface area (TPSA) is 38.8 Å². The van der Waals surface area contributed by atoms with Gasteiger partial charge in [0.1, 0.15) is 5.60 Å². The first-order valence-corrected chi connectivity index (χ1v) is 7.52. The van der Waals surface area contributed by atoms with Gasteiger partial charge >= 0.3 is 5.97 Å². The van der Waals surface area contributed by atoms with E-state index in [0.717, 1.165) is 19.4 Å². The molecule has 2 rings (SSSR count). The molecule has 0 amide bonds. The second-order valence-corrected chi connectivity index (χ2v) is 6.76. The SMILES string of the molecule is CC(C)(C)OC(=O)C[C@H]1CC[C@@H](CN2CCCC2)O1. The van der Waals surface area contributed by atoms with Crippen LogP contribution in [0.5, 0.6) is 0 Å². The number of esters is 1. The molecule has 4 heteroatoms. The van der Waals surface area contributed by atoms with Crippen molar-refractivity contribution in [2.24, 2.45) is 0 Å². The summed E-state index contributed by atoms with van der Waals surface area (Å²) < 4.78 is 11.3. The molecule has 0 unspecified atom stereocenters. The predicted molar refractivity (Wildman–Crippen MR) is 74.0 cm³/mol. The molecule has 0 aromatic carbocycles. The molecule has 2 atom stereocenters. The molecular formula is C15H27NO3. The van der Waals surface area contributed by atoms with Gasteiger partial charge in [0, 0.05) is 6.54 Å². The summed E-state index contributed by atoms with van der Waals surface area (Å²) in [7, 11) is 0. The Kier molecular flexibility index (Phi) is 4.85. The summed E-state index contributed by atoms with van der Waals surface area (Å²) in [6, 6.07) is 0. The molecule has 2 fully saturated rings. The molecule has 0 radical (unpaired) electrons. The molecule has 2 aliphatic heterocycles. The minimum atomic E-state index is -0.398. The molecule has 0 aromatic heterocycles. The van der Waals surface area contributed by atoms with Crippen molar-refractivity contribution >= 4 is 5.97 Å². The Morgan fingerprint density at radius 2 is 1.84 bits per heavy atom. The largest absolute Gasteiger partial charge is 0.460 e. The van der Waals surface area contributed by atoms with E-state index in [1.54, 1.807) is 0 Å². The Hall–Kier alpha value is -0.610. The quantitative estimate of drug-likeness (QED) is 0.734. The number of ether oxygens (including phenoxy) is 2. The van der Waals surface area contributed by atoms with E-state index in [4.69, 9.17) is 9.47 Å². The first-order chi connectivity index (χ1) is 8.92. The average Bonchev–Trinajstić information content (AvgIpc) is 2.88. The predicted octanol–water partition coefficient (Wildman–Crippen LogP) is 2.36. The molecule has 0 bridgehead atoms. The van der Waals surface area contributed by atoms with Crippen molar-refractivity contribution in [3.8, 4) is 0 Å². The monoisotopic (exact) mass is 269 g/mol. The van der Waals surface area contributed by atoms with Gasteiger partial charge < -0.3 is 14.4 Å². The zero-order valence-corrected chi connectivity index (χ0v) is 12.5. The first kappa shape index (κ1) is 14.8. The number of carbonyl (C=O) groups excluding carboxylic acids is 1. The van der Waals surface area contributed by atoms with Crippen molar-refractivity contribution < 1.29 is 14.3 Å². The second kappa shape index (κ2) is 6.23. The molecule has 2 saturated heterocycles. The molecule has 4 nitrogen and oxygen atoms in total. The average molecular weight is 269 g/mol. The van der Waals surface area contributed by atoms with Gasteiger partial charge in [-0.3, -0.25) is 4.79 Å². The summed E-state index contributed by atoms with van der Waals surface area (Å²) in [6.07, 6.45) is 5.45. The van der Waals surface area contributed by atoms with Gasteiger partial charge in [-0.25, -0.2) is 0 Å². The number of hydrogen-bond acceptors (Lipinski definition) is 4. The maximum absolute atomic E-state index is 11.8. The maximum Gasteiger partial charge on any atom is 0.308 e. The van der Waals surface area contributed by atoms with Crippen molar-refractivity contribution in [2.75, 3.05) is 19.6 Å². The molecule has 0 aliphatic carbocycles. The van der Waals surface area contributed by atoms with E-state index in [1.807, 2.05) is 20.8 Å². The van der Waals surface area contributed by atoms with Gasteiger partial charge in [0.15, 0.2) is 0 Å². The van der Waals surface area contributed by atoms with Crippen LogP contribution in [-0.2, 0) is 14.3 Å². The summed E-state index contributed by atoms with van der Waals surface area (Å²) in [6.45, 7) is 9.14. The van der Waals surface area contributed by atoms with Crippen LogP contribution in [0.4, 0.5) is 0 Å². The molecular weight excluding hydrogens is 242 g/mol. The second-order valence-electron chi connectivity index (χ2n) is 6.76. The van der Waals surface area contributed by atoms with E-state index >= 15 is 0 Å². The van der Waals surface area contributed by atoms with Crippen LogP contribution in [0.15, 0.2) is 0 Å². The molecule has 19 heavy (non-hydrogen) atoms. The Morgan fingerprint density at radius 1 is 1.21 bits per heavy atom. The van der Waals surface area contributed by atoms with Crippen LogP contribution in [-0.4, -0.2) is 48.3 Å². The molecule has 0 N–H and O–H groups in total. The smallest absolute Gasteiger partial charge is 0.308 e. The van der Waals surface area contributed by atoms with Gasteiger partial charge in [-0.15, -0.1) is 0 Å². The van der Waals surface area contributed by atoms with Crippen molar-refractivity contribution in [2.45, 2.75) is 70.7 Å². The van der Waals surface area contributed by atoms with Crippen LogP contribution in [0.1, 0.15) is 52.9 Å². The number of likely N-dealkylation sites (tertiary alicyclic amines) is 1. The summed E-state index contributed by atoms with van der Waals surface area (Å²) >= 11 is 0. The molecule has 0 saturated carbocycles.